The van der Waals surface area contributed by atoms with E-state index in [1.807, 2.05) is 4.90 Å². The molecule has 0 aromatic heterocycles. The molecule has 2 rings (SSSR count). The largest absolute Gasteiger partial charge is 0.481 e. The average Bonchev–Trinajstić information content (AvgIpc) is 2.56. The van der Waals surface area contributed by atoms with Gasteiger partial charge in [0.25, 0.3) is 0 Å². The van der Waals surface area contributed by atoms with Gasteiger partial charge >= 0.3 is 12.0 Å². The fourth-order valence-electron chi connectivity index (χ4n) is 3.47. The monoisotopic (exact) mass is 282 g/mol. The maximum Gasteiger partial charge on any atom is 0.317 e. The van der Waals surface area contributed by atoms with Gasteiger partial charge in [-0.2, -0.15) is 0 Å². The zero-order valence-corrected chi connectivity index (χ0v) is 12.7. The molecule has 2 heterocycles. The summed E-state index contributed by atoms with van der Waals surface area (Å²) >= 11 is 0. The Balaban J connectivity index is 1.92. The van der Waals surface area contributed by atoms with Crippen LogP contribution < -0.4 is 5.32 Å². The van der Waals surface area contributed by atoms with Crippen LogP contribution in [0.5, 0.6) is 0 Å². The summed E-state index contributed by atoms with van der Waals surface area (Å²) in [7, 11) is 0. The van der Waals surface area contributed by atoms with Crippen molar-refractivity contribution < 1.29 is 14.7 Å². The van der Waals surface area contributed by atoms with Gasteiger partial charge < -0.3 is 15.3 Å². The number of amides is 2. The molecule has 2 saturated heterocycles. The van der Waals surface area contributed by atoms with Crippen molar-refractivity contribution in [2.45, 2.75) is 65.0 Å². The van der Waals surface area contributed by atoms with E-state index in [2.05, 4.69) is 26.1 Å². The molecule has 0 spiro atoms. The quantitative estimate of drug-likeness (QED) is 0.835. The highest BCUT2D eigenvalue weighted by molar-refractivity contribution is 5.75. The van der Waals surface area contributed by atoms with E-state index < -0.39 is 5.97 Å². The van der Waals surface area contributed by atoms with Crippen molar-refractivity contribution in [1.29, 1.82) is 0 Å². The Morgan fingerprint density at radius 2 is 1.75 bits per heavy atom. The van der Waals surface area contributed by atoms with E-state index in [4.69, 9.17) is 5.11 Å². The van der Waals surface area contributed by atoms with Crippen LogP contribution in [0.1, 0.15) is 52.9 Å². The minimum Gasteiger partial charge on any atom is -0.481 e. The number of rotatable bonds is 3. The Bertz CT molecular complexity index is 375. The molecule has 0 radical (unpaired) electrons. The van der Waals surface area contributed by atoms with Gasteiger partial charge in [0.2, 0.25) is 0 Å². The molecule has 0 saturated carbocycles. The van der Waals surface area contributed by atoms with Gasteiger partial charge in [-0.25, -0.2) is 4.79 Å². The highest BCUT2D eigenvalue weighted by Gasteiger charge is 2.43. The van der Waals surface area contributed by atoms with Crippen molar-refractivity contribution in [3.63, 3.8) is 0 Å². The zero-order chi connectivity index (χ0) is 14.9. The third-order valence-corrected chi connectivity index (χ3v) is 4.30. The number of aliphatic carboxylic acids is 1. The molecular weight excluding hydrogens is 256 g/mol. The van der Waals surface area contributed by atoms with Crippen molar-refractivity contribution in [2.24, 2.45) is 11.3 Å². The van der Waals surface area contributed by atoms with E-state index >= 15 is 0 Å². The smallest absolute Gasteiger partial charge is 0.317 e. The molecule has 0 aliphatic carbocycles. The minimum absolute atomic E-state index is 0.0289. The molecule has 5 heteroatoms. The molecular formula is C15H26N2O3. The number of nitrogens with one attached hydrogen (secondary N) is 1. The van der Waals surface area contributed by atoms with E-state index in [0.29, 0.717) is 6.54 Å². The average molecular weight is 282 g/mol. The second-order valence-electron chi connectivity index (χ2n) is 7.45. The van der Waals surface area contributed by atoms with Crippen molar-refractivity contribution >= 4 is 12.0 Å². The second kappa shape index (κ2) is 5.62. The van der Waals surface area contributed by atoms with Crippen LogP contribution in [0.4, 0.5) is 4.79 Å². The number of piperidine rings is 1. The summed E-state index contributed by atoms with van der Waals surface area (Å²) in [5.41, 5.74) is 0.0797. The van der Waals surface area contributed by atoms with E-state index in [-0.39, 0.29) is 35.9 Å². The van der Waals surface area contributed by atoms with E-state index in [9.17, 15) is 9.59 Å². The first-order valence-electron chi connectivity index (χ1n) is 7.54. The van der Waals surface area contributed by atoms with Gasteiger partial charge in [-0.3, -0.25) is 4.79 Å². The SMILES string of the molecule is CC(C)(C)CNC(=O)N1C2CCC1CC(CC(=O)O)C2. The topological polar surface area (TPSA) is 69.6 Å². The normalized spacial score (nSPS) is 29.4. The lowest BCUT2D eigenvalue weighted by Gasteiger charge is -2.39. The molecule has 20 heavy (non-hydrogen) atoms. The van der Waals surface area contributed by atoms with E-state index in [1.54, 1.807) is 0 Å². The summed E-state index contributed by atoms with van der Waals surface area (Å²) in [6.07, 6.45) is 3.95. The Labute approximate surface area is 120 Å². The highest BCUT2D eigenvalue weighted by atomic mass is 16.4. The first-order chi connectivity index (χ1) is 9.26. The van der Waals surface area contributed by atoms with Gasteiger partial charge in [0.1, 0.15) is 0 Å². The third kappa shape index (κ3) is 3.64. The summed E-state index contributed by atoms with van der Waals surface area (Å²) < 4.78 is 0. The lowest BCUT2D eigenvalue weighted by atomic mass is 9.88. The highest BCUT2D eigenvalue weighted by Crippen LogP contribution is 2.39. The second-order valence-corrected chi connectivity index (χ2v) is 7.45. The predicted molar refractivity (Wildman–Crippen MR) is 76.5 cm³/mol. The molecule has 2 amide bonds. The fraction of sp³-hybridized carbons (Fsp3) is 0.867. The van der Waals surface area contributed by atoms with Gasteiger partial charge in [0.05, 0.1) is 0 Å². The van der Waals surface area contributed by atoms with Gasteiger partial charge in [-0.1, -0.05) is 20.8 Å². The number of carbonyl (C=O) groups is 2. The fourth-order valence-corrected chi connectivity index (χ4v) is 3.47. The summed E-state index contributed by atoms with van der Waals surface area (Å²) in [5, 5.41) is 11.9. The summed E-state index contributed by atoms with van der Waals surface area (Å²) in [6, 6.07) is 0.498. The number of urea groups is 1. The Kier molecular flexibility index (Phi) is 4.25. The zero-order valence-electron chi connectivity index (χ0n) is 12.7. The first kappa shape index (κ1) is 15.1. The van der Waals surface area contributed by atoms with Gasteiger partial charge in [0, 0.05) is 25.0 Å². The first-order valence-corrected chi connectivity index (χ1v) is 7.54. The van der Waals surface area contributed by atoms with Crippen LogP contribution in [0.3, 0.4) is 0 Å². The van der Waals surface area contributed by atoms with Gasteiger partial charge in [0.15, 0.2) is 0 Å². The summed E-state index contributed by atoms with van der Waals surface area (Å²) in [5.74, 6) is -0.489. The molecule has 5 nitrogen and oxygen atoms in total. The van der Waals surface area contributed by atoms with Crippen LogP contribution in [0.2, 0.25) is 0 Å². The lowest BCUT2D eigenvalue weighted by Crippen LogP contribution is -2.52. The summed E-state index contributed by atoms with van der Waals surface area (Å²) in [6.45, 7) is 6.96. The predicted octanol–water partition coefficient (Wildman–Crippen LogP) is 2.46. The molecule has 2 unspecified atom stereocenters. The number of hydrogen-bond acceptors (Lipinski definition) is 2. The third-order valence-electron chi connectivity index (χ3n) is 4.30. The molecule has 2 aliphatic heterocycles. The molecule has 2 atom stereocenters. The molecule has 2 aliphatic rings. The van der Waals surface area contributed by atoms with Crippen LogP contribution in [0.15, 0.2) is 0 Å². The maximum absolute atomic E-state index is 12.3. The Morgan fingerprint density at radius 1 is 1.20 bits per heavy atom. The molecule has 114 valence electrons. The Morgan fingerprint density at radius 3 is 2.20 bits per heavy atom. The molecule has 0 aromatic rings. The number of carboxylic acid groups (broad SMARTS) is 1. The number of hydrogen-bond donors (Lipinski definition) is 2. The molecule has 2 fully saturated rings. The Hall–Kier alpha value is -1.26. The van der Waals surface area contributed by atoms with Crippen LogP contribution in [0.25, 0.3) is 0 Å². The molecule has 2 N–H and O–H groups in total. The van der Waals surface area contributed by atoms with Crippen molar-refractivity contribution in [2.75, 3.05) is 6.54 Å². The number of carbonyl (C=O) groups excluding carboxylic acids is 1. The van der Waals surface area contributed by atoms with Crippen molar-refractivity contribution in [3.05, 3.63) is 0 Å². The van der Waals surface area contributed by atoms with Crippen LogP contribution >= 0.6 is 0 Å². The molecule has 2 bridgehead atoms. The van der Waals surface area contributed by atoms with E-state index in [1.165, 1.54) is 0 Å². The summed E-state index contributed by atoms with van der Waals surface area (Å²) in [4.78, 5) is 25.1. The van der Waals surface area contributed by atoms with Crippen LogP contribution in [0, 0.1) is 11.3 Å². The van der Waals surface area contributed by atoms with Gasteiger partial charge in [-0.15, -0.1) is 0 Å². The number of carboxylic acids is 1. The van der Waals surface area contributed by atoms with Crippen molar-refractivity contribution in [1.82, 2.24) is 10.2 Å². The lowest BCUT2D eigenvalue weighted by molar-refractivity contribution is -0.138. The standard InChI is InChI=1S/C15H26N2O3/c1-15(2,3)9-16-14(20)17-11-4-5-12(17)7-10(6-11)8-13(18)19/h10-12H,4-9H2,1-3H3,(H,16,20)(H,18,19). The maximum atomic E-state index is 12.3. The van der Waals surface area contributed by atoms with Crippen molar-refractivity contribution in [3.8, 4) is 0 Å². The minimum atomic E-state index is -0.722. The van der Waals surface area contributed by atoms with Crippen LogP contribution in [-0.2, 0) is 4.79 Å². The van der Waals surface area contributed by atoms with E-state index in [0.717, 1.165) is 25.7 Å². The number of nitrogens with zero attached hydrogens (tertiary/aromatic N) is 1. The van der Waals surface area contributed by atoms with Crippen LogP contribution in [-0.4, -0.2) is 40.6 Å². The number of fused-ring (bicyclic) bond motifs is 2. The molecule has 0 aromatic carbocycles. The van der Waals surface area contributed by atoms with Gasteiger partial charge in [-0.05, 0) is 37.0 Å².